The van der Waals surface area contributed by atoms with Gasteiger partial charge >= 0.3 is 162 Å². The third-order valence-corrected chi connectivity index (χ3v) is 16.0. The predicted molar refractivity (Wildman–Crippen MR) is 104 cm³/mol. The van der Waals surface area contributed by atoms with Gasteiger partial charge in [0.25, 0.3) is 0 Å². The van der Waals surface area contributed by atoms with Crippen LogP contribution in [-0.4, -0.2) is 5.38 Å². The Labute approximate surface area is 198 Å². The van der Waals surface area contributed by atoms with Crippen LogP contribution in [0.3, 0.4) is 0 Å². The minimum atomic E-state index is -5.93. The first-order valence-electron chi connectivity index (χ1n) is 7.86. The Morgan fingerprint density at radius 3 is 1.06 bits per heavy atom. The van der Waals surface area contributed by atoms with Crippen LogP contribution in [0.15, 0.2) is 21.5 Å². The molecule has 1 aliphatic carbocycles. The molecule has 0 saturated carbocycles. The van der Waals surface area contributed by atoms with E-state index in [1.165, 1.54) is 12.2 Å². The van der Waals surface area contributed by atoms with E-state index in [4.69, 9.17) is 0 Å². The Morgan fingerprint density at radius 2 is 0.812 bits per heavy atom. The molecule has 176 valence electrons. The average molecular weight is 613 g/mol. The van der Waals surface area contributed by atoms with Crippen LogP contribution in [0, 0.1) is 58.2 Å². The van der Waals surface area contributed by atoms with Crippen molar-refractivity contribution in [1.29, 1.82) is 0 Å². The van der Waals surface area contributed by atoms with Crippen molar-refractivity contribution >= 4 is 49.1 Å². The molecule has 0 fully saturated rings. The second kappa shape index (κ2) is 11.0. The molecule has 3 rings (SSSR count). The number of allylic oxidation sites excluding steroid dienone is 4. The summed E-state index contributed by atoms with van der Waals surface area (Å²) in [7, 11) is 0. The molecule has 15 heteroatoms. The van der Waals surface area contributed by atoms with Crippen molar-refractivity contribution < 1.29 is 63.9 Å². The van der Waals surface area contributed by atoms with Crippen molar-refractivity contribution in [3.8, 4) is 0 Å². The van der Waals surface area contributed by atoms with Crippen LogP contribution in [0.4, 0.5) is 43.9 Å². The van der Waals surface area contributed by atoms with Gasteiger partial charge in [-0.05, 0) is 0 Å². The first kappa shape index (κ1) is 31.0. The van der Waals surface area contributed by atoms with Crippen LogP contribution in [0.2, 0.25) is 0 Å². The Hall–Kier alpha value is -0.962. The van der Waals surface area contributed by atoms with E-state index in [1.807, 2.05) is 0 Å². The first-order valence-corrected chi connectivity index (χ1v) is 14.0. The summed E-state index contributed by atoms with van der Waals surface area (Å²) in [4.78, 5) is 0. The summed E-state index contributed by atoms with van der Waals surface area (Å²) in [5.41, 5.74) is 0. The van der Waals surface area contributed by atoms with Crippen molar-refractivity contribution in [1.82, 2.24) is 0 Å². The van der Waals surface area contributed by atoms with Crippen molar-refractivity contribution in [2.45, 2.75) is 6.42 Å². The molecule has 0 saturated heterocycles. The summed E-state index contributed by atoms with van der Waals surface area (Å²) < 4.78 is 137. The normalized spacial score (nSPS) is 12.6. The Kier molecular flexibility index (Phi) is 10.6. The van der Waals surface area contributed by atoms with E-state index < -0.39 is 84.8 Å². The molecule has 0 aliphatic heterocycles. The van der Waals surface area contributed by atoms with E-state index in [-0.39, 0.29) is 46.9 Å². The Bertz CT molecular complexity index is 995. The topological polar surface area (TPSA) is 0 Å². The molecule has 0 spiro atoms. The number of hydrogen-bond acceptors (Lipinski definition) is 0. The van der Waals surface area contributed by atoms with E-state index in [1.54, 1.807) is 0 Å². The molecule has 0 atom stereocenters. The van der Waals surface area contributed by atoms with Gasteiger partial charge in [-0.25, -0.2) is 0 Å². The Morgan fingerprint density at radius 1 is 0.531 bits per heavy atom. The van der Waals surface area contributed by atoms with Crippen LogP contribution < -0.4 is 6.54 Å². The molecular formula is C17H10BCl3F10Zr. The molecular weight excluding hydrogens is 603 g/mol. The van der Waals surface area contributed by atoms with Gasteiger partial charge in [0, 0.05) is 0 Å². The van der Waals surface area contributed by atoms with E-state index in [2.05, 4.69) is 0 Å². The molecule has 1 aliphatic rings. The average Bonchev–Trinajstić information content (AvgIpc) is 3.23. The van der Waals surface area contributed by atoms with Crippen LogP contribution in [0.1, 0.15) is 6.42 Å². The molecule has 0 aromatic heterocycles. The molecule has 2 aromatic rings. The quantitative estimate of drug-likeness (QED) is 0.202. The monoisotopic (exact) mass is 610 g/mol. The van der Waals surface area contributed by atoms with Gasteiger partial charge in [0.1, 0.15) is 0 Å². The van der Waals surface area contributed by atoms with Crippen molar-refractivity contribution in [3.63, 3.8) is 0 Å². The molecule has 0 bridgehead atoms. The maximum atomic E-state index is 14.6. The molecule has 2 aromatic carbocycles. The van der Waals surface area contributed by atoms with Gasteiger partial charge in [0.05, 0.1) is 0 Å². The summed E-state index contributed by atoms with van der Waals surface area (Å²) in [6.07, 6.45) is 3.53. The van der Waals surface area contributed by atoms with Gasteiger partial charge in [0.15, 0.2) is 0 Å². The summed E-state index contributed by atoms with van der Waals surface area (Å²) >= 11 is -5.93. The zero-order chi connectivity index (χ0) is 21.8. The van der Waals surface area contributed by atoms with Gasteiger partial charge in [-0.15, -0.1) is 37.2 Å². The van der Waals surface area contributed by atoms with E-state index in [0.29, 0.717) is 0 Å². The second-order valence-corrected chi connectivity index (χ2v) is 15.9. The fourth-order valence-corrected chi connectivity index (χ4v) is 13.3. The van der Waals surface area contributed by atoms with Crippen LogP contribution >= 0.6 is 37.2 Å². The van der Waals surface area contributed by atoms with Crippen molar-refractivity contribution in [2.75, 3.05) is 0 Å². The van der Waals surface area contributed by atoms with Crippen LogP contribution in [0.5, 0.6) is 0 Å². The first-order chi connectivity index (χ1) is 13.5. The van der Waals surface area contributed by atoms with Gasteiger partial charge < -0.3 is 0 Å². The fraction of sp³-hybridized carbons (Fsp3) is 0.0588. The number of rotatable bonds is 3. The summed E-state index contributed by atoms with van der Waals surface area (Å²) in [5.74, 6) is -24.0. The predicted octanol–water partition coefficient (Wildman–Crippen LogP) is 4.84. The van der Waals surface area contributed by atoms with Gasteiger partial charge in [-0.1, -0.05) is 0 Å². The molecule has 0 heterocycles. The minimum absolute atomic E-state index is 0. The second-order valence-electron chi connectivity index (χ2n) is 6.34. The summed E-state index contributed by atoms with van der Waals surface area (Å²) in [6, 6.07) is 0. The molecule has 32 heavy (non-hydrogen) atoms. The van der Waals surface area contributed by atoms with E-state index in [0.717, 1.165) is 11.5 Å². The van der Waals surface area contributed by atoms with E-state index in [9.17, 15) is 43.9 Å². The van der Waals surface area contributed by atoms with Gasteiger partial charge in [0.2, 0.25) is 0 Å². The zero-order valence-electron chi connectivity index (χ0n) is 15.4. The maximum absolute atomic E-state index is 14.6. The van der Waals surface area contributed by atoms with Crippen LogP contribution in [0.25, 0.3) is 0 Å². The fourth-order valence-electron chi connectivity index (χ4n) is 3.35. The van der Waals surface area contributed by atoms with Gasteiger partial charge in [-0.2, -0.15) is 0 Å². The molecule has 0 amide bonds. The van der Waals surface area contributed by atoms with E-state index >= 15 is 0 Å². The summed E-state index contributed by atoms with van der Waals surface area (Å²) in [5, 5.41) is 0.823. The molecule has 0 nitrogen and oxygen atoms in total. The molecule has 0 N–H and O–H groups in total. The van der Waals surface area contributed by atoms with Gasteiger partial charge in [-0.3, -0.25) is 0 Å². The Balaban J connectivity index is 0.00000320. The third-order valence-electron chi connectivity index (χ3n) is 4.83. The number of hydrogen-bond donors (Lipinski definition) is 0. The third kappa shape index (κ3) is 4.40. The molecule has 0 unspecified atom stereocenters. The SMILES string of the molecule is Cl.Cl.Cl.[BH2][Zr]([C]1=CC=CC1)([c]1c(F)c(F)c(F)c(F)c1F)[c]1c(F)c(F)c(F)c(F)c1F. The summed E-state index contributed by atoms with van der Waals surface area (Å²) in [6.45, 7) is 0. The zero-order valence-corrected chi connectivity index (χ0v) is 20.4. The number of halogens is 13. The van der Waals surface area contributed by atoms with Crippen molar-refractivity contribution in [2.24, 2.45) is 0 Å². The standard InChI is InChI=1S/2C6F5.C5H5.BH2.3ClH.Zr/c2*7-2-1-3(8)5(10)6(11)4(2)9;1-2-4-5-3-1;;;;;/h;;1-3H,4H2;1H2;3*1H;/q;;;+1;;;;-1. The van der Waals surface area contributed by atoms with Crippen LogP contribution in [-0.2, 0) is 20.0 Å². The number of benzene rings is 2. The molecule has 0 radical (unpaired) electrons. The van der Waals surface area contributed by atoms with Crippen molar-refractivity contribution in [3.05, 3.63) is 79.7 Å².